The number of fused-ring (bicyclic) bond motifs is 1. The Kier molecular flexibility index (Phi) is 4.55. The van der Waals surface area contributed by atoms with E-state index >= 15 is 0 Å². The number of aromatic nitrogens is 3. The second-order valence-corrected chi connectivity index (χ2v) is 5.98. The van der Waals surface area contributed by atoms with Crippen molar-refractivity contribution >= 4 is 22.5 Å². The molecule has 4 rings (SSSR count). The molecule has 0 aliphatic heterocycles. The van der Waals surface area contributed by atoms with Gasteiger partial charge in [0, 0.05) is 11.6 Å². The summed E-state index contributed by atoms with van der Waals surface area (Å²) in [5.41, 5.74) is 0.357. The largest absolute Gasteiger partial charge is 0.497 e. The molecule has 2 heterocycles. The van der Waals surface area contributed by atoms with Crippen LogP contribution in [0, 0.1) is 0 Å². The van der Waals surface area contributed by atoms with Crippen molar-refractivity contribution in [3.8, 4) is 11.4 Å². The second-order valence-electron chi connectivity index (χ2n) is 5.98. The lowest BCUT2D eigenvalue weighted by atomic mass is 10.1. The average Bonchev–Trinajstić information content (AvgIpc) is 2.75. The highest BCUT2D eigenvalue weighted by molar-refractivity contribution is 6.10. The summed E-state index contributed by atoms with van der Waals surface area (Å²) in [6.07, 6.45) is 1.58. The van der Waals surface area contributed by atoms with Gasteiger partial charge in [-0.05, 0) is 42.5 Å². The maximum Gasteiger partial charge on any atom is 0.279 e. The van der Waals surface area contributed by atoms with Crippen LogP contribution in [0.15, 0.2) is 77.7 Å². The van der Waals surface area contributed by atoms with Gasteiger partial charge in [-0.1, -0.05) is 24.3 Å². The molecule has 0 saturated heterocycles. The van der Waals surface area contributed by atoms with Gasteiger partial charge >= 0.3 is 0 Å². The van der Waals surface area contributed by atoms with Crippen LogP contribution in [0.2, 0.25) is 0 Å². The molecule has 1 amide bonds. The van der Waals surface area contributed by atoms with Crippen molar-refractivity contribution in [2.75, 3.05) is 12.4 Å². The van der Waals surface area contributed by atoms with Gasteiger partial charge < -0.3 is 10.1 Å². The van der Waals surface area contributed by atoms with E-state index in [0.717, 1.165) is 0 Å². The smallest absolute Gasteiger partial charge is 0.279 e. The second kappa shape index (κ2) is 7.32. The molecule has 0 fully saturated rings. The van der Waals surface area contributed by atoms with Gasteiger partial charge in [-0.2, -0.15) is 9.78 Å². The molecular weight excluding hydrogens is 356 g/mol. The average molecular weight is 372 g/mol. The fourth-order valence-electron chi connectivity index (χ4n) is 2.87. The van der Waals surface area contributed by atoms with Crippen molar-refractivity contribution in [2.45, 2.75) is 0 Å². The van der Waals surface area contributed by atoms with Gasteiger partial charge in [0.1, 0.15) is 11.6 Å². The molecule has 0 unspecified atom stereocenters. The molecule has 0 atom stereocenters. The normalized spacial score (nSPS) is 10.6. The lowest BCUT2D eigenvalue weighted by molar-refractivity contribution is 0.102. The third-order valence-electron chi connectivity index (χ3n) is 4.24. The molecule has 28 heavy (non-hydrogen) atoms. The number of benzene rings is 2. The molecule has 1 N–H and O–H groups in total. The van der Waals surface area contributed by atoms with E-state index in [9.17, 15) is 9.59 Å². The van der Waals surface area contributed by atoms with E-state index in [4.69, 9.17) is 4.74 Å². The first-order chi connectivity index (χ1) is 13.7. The van der Waals surface area contributed by atoms with E-state index in [1.54, 1.807) is 80.0 Å². The van der Waals surface area contributed by atoms with Crippen molar-refractivity contribution in [1.29, 1.82) is 0 Å². The number of methoxy groups -OCH3 is 1. The highest BCUT2D eigenvalue weighted by Crippen LogP contribution is 2.18. The standard InChI is InChI=1S/C21H16N4O3/c1-28-15-11-9-14(10-12-15)25-21(27)17-7-3-2-6-16(17)19(24-25)20(26)23-18-8-4-5-13-22-18/h2-13H,1H3,(H,22,23,26). The van der Waals surface area contributed by atoms with Crippen LogP contribution in [0.25, 0.3) is 16.5 Å². The Bertz CT molecular complexity index is 1200. The van der Waals surface area contributed by atoms with Gasteiger partial charge in [-0.15, -0.1) is 0 Å². The summed E-state index contributed by atoms with van der Waals surface area (Å²) in [4.78, 5) is 29.9. The molecular formula is C21H16N4O3. The number of carbonyl (C=O) groups is 1. The Labute approximate surface area is 160 Å². The van der Waals surface area contributed by atoms with Crippen LogP contribution in [0.3, 0.4) is 0 Å². The Balaban J connectivity index is 1.86. The number of carbonyl (C=O) groups excluding carboxylic acids is 1. The molecule has 7 heteroatoms. The van der Waals surface area contributed by atoms with Gasteiger partial charge in [-0.3, -0.25) is 9.59 Å². The third-order valence-corrected chi connectivity index (χ3v) is 4.24. The van der Waals surface area contributed by atoms with Crippen molar-refractivity contribution in [3.05, 3.63) is 89.0 Å². The van der Waals surface area contributed by atoms with Crippen LogP contribution >= 0.6 is 0 Å². The first kappa shape index (κ1) is 17.4. The quantitative estimate of drug-likeness (QED) is 0.595. The van der Waals surface area contributed by atoms with Crippen LogP contribution in [0.5, 0.6) is 5.75 Å². The summed E-state index contributed by atoms with van der Waals surface area (Å²) in [7, 11) is 1.56. The van der Waals surface area contributed by atoms with E-state index < -0.39 is 5.91 Å². The highest BCUT2D eigenvalue weighted by Gasteiger charge is 2.18. The molecule has 138 valence electrons. The third kappa shape index (κ3) is 3.21. The van der Waals surface area contributed by atoms with Crippen LogP contribution < -0.4 is 15.6 Å². The van der Waals surface area contributed by atoms with Crippen molar-refractivity contribution in [3.63, 3.8) is 0 Å². The fourth-order valence-corrected chi connectivity index (χ4v) is 2.87. The number of hydrogen-bond acceptors (Lipinski definition) is 5. The van der Waals surface area contributed by atoms with Gasteiger partial charge in [-0.25, -0.2) is 4.98 Å². The van der Waals surface area contributed by atoms with Gasteiger partial charge in [0.2, 0.25) is 0 Å². The molecule has 0 radical (unpaired) electrons. The van der Waals surface area contributed by atoms with Crippen LogP contribution in [0.1, 0.15) is 10.5 Å². The summed E-state index contributed by atoms with van der Waals surface area (Å²) >= 11 is 0. The molecule has 4 aromatic rings. The molecule has 0 spiro atoms. The highest BCUT2D eigenvalue weighted by atomic mass is 16.5. The van der Waals surface area contributed by atoms with Crippen LogP contribution in [-0.4, -0.2) is 27.8 Å². The molecule has 0 aliphatic rings. The minimum atomic E-state index is -0.447. The van der Waals surface area contributed by atoms with E-state index in [2.05, 4.69) is 15.4 Å². The van der Waals surface area contributed by atoms with Crippen LogP contribution in [0.4, 0.5) is 5.82 Å². The first-order valence-corrected chi connectivity index (χ1v) is 8.56. The minimum Gasteiger partial charge on any atom is -0.497 e. The number of rotatable bonds is 4. The topological polar surface area (TPSA) is 86.1 Å². The zero-order valence-electron chi connectivity index (χ0n) is 15.0. The van der Waals surface area contributed by atoms with E-state index in [1.807, 2.05) is 0 Å². The lowest BCUT2D eigenvalue weighted by Gasteiger charge is -2.11. The van der Waals surface area contributed by atoms with Crippen molar-refractivity contribution < 1.29 is 9.53 Å². The maximum atomic E-state index is 12.9. The zero-order valence-corrected chi connectivity index (χ0v) is 15.0. The van der Waals surface area contributed by atoms with Gasteiger partial charge in [0.05, 0.1) is 18.2 Å². The monoisotopic (exact) mass is 372 g/mol. The number of nitrogens with one attached hydrogen (secondary N) is 1. The summed E-state index contributed by atoms with van der Waals surface area (Å²) < 4.78 is 6.37. The SMILES string of the molecule is COc1ccc(-n2nc(C(=O)Nc3ccccn3)c3ccccc3c2=O)cc1. The van der Waals surface area contributed by atoms with Crippen molar-refractivity contribution in [1.82, 2.24) is 14.8 Å². The van der Waals surface area contributed by atoms with Gasteiger partial charge in [0.15, 0.2) is 5.69 Å². The molecule has 7 nitrogen and oxygen atoms in total. The molecule has 2 aromatic heterocycles. The molecule has 2 aromatic carbocycles. The van der Waals surface area contributed by atoms with E-state index in [-0.39, 0.29) is 11.3 Å². The fraction of sp³-hybridized carbons (Fsp3) is 0.0476. The number of amides is 1. The Morgan fingerprint density at radius 3 is 2.36 bits per heavy atom. The number of nitrogens with zero attached hydrogens (tertiary/aromatic N) is 3. The molecule has 0 bridgehead atoms. The molecule has 0 aliphatic carbocycles. The zero-order chi connectivity index (χ0) is 19.5. The summed E-state index contributed by atoms with van der Waals surface area (Å²) in [5.74, 6) is 0.614. The summed E-state index contributed by atoms with van der Waals surface area (Å²) in [5, 5.41) is 7.94. The predicted molar refractivity (Wildman–Crippen MR) is 106 cm³/mol. The minimum absolute atomic E-state index is 0.136. The first-order valence-electron chi connectivity index (χ1n) is 8.56. The number of anilines is 1. The summed E-state index contributed by atoms with van der Waals surface area (Å²) in [6, 6.07) is 19.0. The Morgan fingerprint density at radius 1 is 0.964 bits per heavy atom. The summed E-state index contributed by atoms with van der Waals surface area (Å²) in [6.45, 7) is 0. The molecule has 0 saturated carbocycles. The Morgan fingerprint density at radius 2 is 1.68 bits per heavy atom. The van der Waals surface area contributed by atoms with Gasteiger partial charge in [0.25, 0.3) is 11.5 Å². The predicted octanol–water partition coefficient (Wildman–Crippen LogP) is 3.04. The van der Waals surface area contributed by atoms with E-state index in [1.165, 1.54) is 4.68 Å². The van der Waals surface area contributed by atoms with Crippen LogP contribution in [-0.2, 0) is 0 Å². The number of ether oxygens (including phenoxy) is 1. The maximum absolute atomic E-state index is 12.9. The lowest BCUT2D eigenvalue weighted by Crippen LogP contribution is -2.26. The van der Waals surface area contributed by atoms with Crippen molar-refractivity contribution in [2.24, 2.45) is 0 Å². The Hall–Kier alpha value is -4.00. The number of hydrogen-bond donors (Lipinski definition) is 1. The number of pyridine rings is 1. The van der Waals surface area contributed by atoms with E-state index in [0.29, 0.717) is 28.0 Å².